The molecule has 0 bridgehead atoms. The maximum atomic E-state index is 10.6. The van der Waals surface area contributed by atoms with E-state index in [-0.39, 0.29) is 6.04 Å². The van der Waals surface area contributed by atoms with E-state index in [0.29, 0.717) is 18.5 Å². The average molecular weight is 454 g/mol. The lowest BCUT2D eigenvalue weighted by atomic mass is 10.1. The number of pyridine rings is 2. The zero-order chi connectivity index (χ0) is 23.7. The number of aryl methyl sites for hydroxylation is 1. The first-order chi connectivity index (χ1) is 16.6. The molecule has 3 N–H and O–H groups in total. The van der Waals surface area contributed by atoms with Gasteiger partial charge in [-0.15, -0.1) is 0 Å². The highest BCUT2D eigenvalue weighted by Crippen LogP contribution is 2.32. The van der Waals surface area contributed by atoms with Crippen LogP contribution in [-0.2, 0) is 13.0 Å². The minimum atomic E-state index is -0.465. The van der Waals surface area contributed by atoms with Gasteiger partial charge < -0.3 is 15.4 Å². The summed E-state index contributed by atoms with van der Waals surface area (Å²) in [5, 5.41) is 18.1. The number of aliphatic hydroxyl groups excluding tert-OH is 1. The van der Waals surface area contributed by atoms with E-state index in [9.17, 15) is 5.11 Å². The van der Waals surface area contributed by atoms with E-state index in [1.165, 1.54) is 5.56 Å². The number of rotatable bonds is 6. The molecule has 4 aromatic rings. The van der Waals surface area contributed by atoms with Crippen molar-refractivity contribution in [3.8, 4) is 22.6 Å². The van der Waals surface area contributed by atoms with Gasteiger partial charge in [-0.2, -0.15) is 5.10 Å². The van der Waals surface area contributed by atoms with Gasteiger partial charge >= 0.3 is 0 Å². The Hall–Kier alpha value is -3.88. The van der Waals surface area contributed by atoms with Crippen LogP contribution >= 0.6 is 0 Å². The van der Waals surface area contributed by atoms with Crippen molar-refractivity contribution >= 4 is 6.72 Å². The van der Waals surface area contributed by atoms with Crippen LogP contribution in [0.5, 0.6) is 0 Å². The lowest BCUT2D eigenvalue weighted by Gasteiger charge is -2.17. The van der Waals surface area contributed by atoms with Crippen molar-refractivity contribution < 1.29 is 5.11 Å². The number of fused-ring (bicyclic) bond motifs is 1. The number of aromatic amines is 1. The van der Waals surface area contributed by atoms with Crippen molar-refractivity contribution in [1.29, 1.82) is 0 Å². The van der Waals surface area contributed by atoms with Crippen LogP contribution in [0.1, 0.15) is 28.7 Å². The van der Waals surface area contributed by atoms with Gasteiger partial charge in [0.05, 0.1) is 30.1 Å². The van der Waals surface area contributed by atoms with Gasteiger partial charge in [-0.05, 0) is 42.3 Å². The highest BCUT2D eigenvalue weighted by Gasteiger charge is 2.30. The van der Waals surface area contributed by atoms with E-state index >= 15 is 0 Å². The molecule has 5 rings (SSSR count). The van der Waals surface area contributed by atoms with E-state index < -0.39 is 6.10 Å². The molecular weight excluding hydrogens is 426 g/mol. The van der Waals surface area contributed by atoms with Crippen LogP contribution in [0.3, 0.4) is 0 Å². The van der Waals surface area contributed by atoms with Crippen LogP contribution in [0.25, 0.3) is 22.6 Å². The van der Waals surface area contributed by atoms with Gasteiger partial charge in [0.1, 0.15) is 17.0 Å². The predicted octanol–water partition coefficient (Wildman–Crippen LogP) is 2.99. The zero-order valence-electron chi connectivity index (χ0n) is 19.2. The molecule has 172 valence electrons. The summed E-state index contributed by atoms with van der Waals surface area (Å²) in [6.45, 7) is 6.08. The molecule has 0 radical (unpaired) electrons. The number of hydrogen-bond donors (Lipinski definition) is 3. The van der Waals surface area contributed by atoms with Gasteiger partial charge in [-0.1, -0.05) is 30.3 Å². The Bertz CT molecular complexity index is 1420. The fourth-order valence-corrected chi connectivity index (χ4v) is 4.52. The van der Waals surface area contributed by atoms with E-state index in [2.05, 4.69) is 39.2 Å². The first-order valence-corrected chi connectivity index (χ1v) is 11.2. The average Bonchev–Trinajstić information content (AvgIpc) is 3.42. The number of H-pyrrole nitrogens is 1. The second-order valence-electron chi connectivity index (χ2n) is 8.39. The summed E-state index contributed by atoms with van der Waals surface area (Å²) in [6, 6.07) is 17.8. The highest BCUT2D eigenvalue weighted by molar-refractivity contribution is 5.76. The topological polar surface area (TPSA) is 103 Å². The van der Waals surface area contributed by atoms with Crippen molar-refractivity contribution in [1.82, 2.24) is 24.9 Å². The maximum Gasteiger partial charge on any atom is 0.148 e. The van der Waals surface area contributed by atoms with Crippen molar-refractivity contribution in [2.24, 2.45) is 10.1 Å². The van der Waals surface area contributed by atoms with Gasteiger partial charge in [0.25, 0.3) is 0 Å². The molecule has 0 spiro atoms. The maximum absolute atomic E-state index is 10.6. The number of aromatic nitrogens is 4. The largest absolute Gasteiger partial charge is 0.391 e. The number of benzene rings is 1. The standard InChI is InChI=1S/C26H27N7O/c1-16-7-6-10-20(30-16)26-24(18-11-12-23(27-2)33(15-18)28-3)31-22(32-26)14-29-25-19-9-5-4-8-17(19)13-21(25)34/h4-12,15,21,25,29,34H,3,13-14H2,1-2H3,(H,31,32)/b27-23-. The molecule has 1 aromatic carbocycles. The number of imidazole rings is 1. The molecule has 8 heteroatoms. The van der Waals surface area contributed by atoms with Crippen LogP contribution in [0, 0.1) is 6.92 Å². The van der Waals surface area contributed by atoms with Crippen LogP contribution < -0.4 is 10.8 Å². The third kappa shape index (κ3) is 4.09. The fraction of sp³-hybridized carbons (Fsp3) is 0.231. The van der Waals surface area contributed by atoms with Crippen molar-refractivity contribution in [2.45, 2.75) is 32.0 Å². The first kappa shape index (κ1) is 21.9. The van der Waals surface area contributed by atoms with E-state index in [1.807, 2.05) is 55.6 Å². The quantitative estimate of drug-likeness (QED) is 0.391. The SMILES string of the molecule is C=Nn1cc(-c2[nH]c(CNC3c4ccccc4CC3O)nc2-c2cccc(C)n2)cc/c1=N/C. The molecule has 3 heterocycles. The fourth-order valence-electron chi connectivity index (χ4n) is 4.52. The Balaban J connectivity index is 1.52. The molecule has 1 aliphatic carbocycles. The van der Waals surface area contributed by atoms with Crippen LogP contribution in [0.2, 0.25) is 0 Å². The molecule has 8 nitrogen and oxygen atoms in total. The third-order valence-electron chi connectivity index (χ3n) is 6.16. The molecular formula is C26H27N7O. The Morgan fingerprint density at radius 3 is 2.79 bits per heavy atom. The van der Waals surface area contributed by atoms with Crippen LogP contribution in [0.4, 0.5) is 0 Å². The second-order valence-corrected chi connectivity index (χ2v) is 8.39. The molecule has 0 fully saturated rings. The number of hydrogen-bond acceptors (Lipinski definition) is 6. The molecule has 3 aromatic heterocycles. The molecule has 0 amide bonds. The molecule has 0 saturated carbocycles. The minimum absolute atomic E-state index is 0.136. The van der Waals surface area contributed by atoms with Gasteiger partial charge in [-0.3, -0.25) is 9.98 Å². The first-order valence-electron chi connectivity index (χ1n) is 11.2. The number of nitrogens with one attached hydrogen (secondary N) is 2. The van der Waals surface area contributed by atoms with Gasteiger partial charge in [0.2, 0.25) is 0 Å². The normalized spacial score (nSPS) is 17.7. The lowest BCUT2D eigenvalue weighted by Crippen LogP contribution is -2.28. The van der Waals surface area contributed by atoms with E-state index in [4.69, 9.17) is 9.97 Å². The molecule has 34 heavy (non-hydrogen) atoms. The molecule has 2 atom stereocenters. The van der Waals surface area contributed by atoms with Crippen molar-refractivity contribution in [3.63, 3.8) is 0 Å². The Morgan fingerprint density at radius 1 is 1.15 bits per heavy atom. The van der Waals surface area contributed by atoms with Gasteiger partial charge in [-0.25, -0.2) is 9.66 Å². The summed E-state index contributed by atoms with van der Waals surface area (Å²) in [6.07, 6.45) is 2.06. The van der Waals surface area contributed by atoms with E-state index in [1.54, 1.807) is 11.7 Å². The number of aliphatic hydroxyl groups is 1. The monoisotopic (exact) mass is 453 g/mol. The Morgan fingerprint density at radius 2 is 2.00 bits per heavy atom. The Kier molecular flexibility index (Phi) is 5.91. The van der Waals surface area contributed by atoms with Crippen molar-refractivity contribution in [3.05, 3.63) is 88.9 Å². The van der Waals surface area contributed by atoms with Crippen LogP contribution in [-0.4, -0.2) is 44.6 Å². The predicted molar refractivity (Wildman–Crippen MR) is 132 cm³/mol. The molecule has 2 unspecified atom stereocenters. The third-order valence-corrected chi connectivity index (χ3v) is 6.16. The molecule has 1 aliphatic rings. The van der Waals surface area contributed by atoms with E-state index in [0.717, 1.165) is 39.7 Å². The summed E-state index contributed by atoms with van der Waals surface area (Å²) in [5.74, 6) is 0.757. The minimum Gasteiger partial charge on any atom is -0.391 e. The zero-order valence-corrected chi connectivity index (χ0v) is 19.2. The number of nitrogens with zero attached hydrogens (tertiary/aromatic N) is 5. The van der Waals surface area contributed by atoms with Gasteiger partial charge in [0, 0.05) is 37.6 Å². The Labute approximate surface area is 197 Å². The second kappa shape index (κ2) is 9.17. The summed E-state index contributed by atoms with van der Waals surface area (Å²) in [4.78, 5) is 17.3. The summed E-state index contributed by atoms with van der Waals surface area (Å²) in [5.41, 5.74) is 7.20. The lowest BCUT2D eigenvalue weighted by molar-refractivity contribution is 0.140. The summed E-state index contributed by atoms with van der Waals surface area (Å²) in [7, 11) is 1.72. The molecule has 0 saturated heterocycles. The van der Waals surface area contributed by atoms with Gasteiger partial charge in [0.15, 0.2) is 0 Å². The van der Waals surface area contributed by atoms with Crippen molar-refractivity contribution in [2.75, 3.05) is 7.05 Å². The summed E-state index contributed by atoms with van der Waals surface area (Å²) >= 11 is 0. The smallest absolute Gasteiger partial charge is 0.148 e. The molecule has 0 aliphatic heterocycles. The van der Waals surface area contributed by atoms with Crippen LogP contribution in [0.15, 0.2) is 70.9 Å². The summed E-state index contributed by atoms with van der Waals surface area (Å²) < 4.78 is 1.63. The highest BCUT2D eigenvalue weighted by atomic mass is 16.3.